The fraction of sp³-hybridized carbons (Fsp3) is 0.714. The first-order chi connectivity index (χ1) is 6.13. The fourth-order valence-corrected chi connectivity index (χ4v) is 2.58. The number of aliphatic hydroxyl groups is 1. The molecule has 2 unspecified atom stereocenters. The SMILES string of the molecule is Cc1nsc(SC(CO)C(C)N)n1. The number of hydrogen-bond acceptors (Lipinski definition) is 6. The maximum Gasteiger partial charge on any atom is 0.170 e. The topological polar surface area (TPSA) is 72.0 Å². The van der Waals surface area contributed by atoms with Gasteiger partial charge in [0.05, 0.1) is 6.61 Å². The highest BCUT2D eigenvalue weighted by Crippen LogP contribution is 2.25. The van der Waals surface area contributed by atoms with Crippen molar-refractivity contribution in [1.82, 2.24) is 9.36 Å². The molecule has 1 rings (SSSR count). The Labute approximate surface area is 85.7 Å². The van der Waals surface area contributed by atoms with E-state index in [1.807, 2.05) is 13.8 Å². The standard InChI is InChI=1S/C7H13N3OS2/c1-4(8)6(3-11)12-7-9-5(2)10-13-7/h4,6,11H,3,8H2,1-2H3. The van der Waals surface area contributed by atoms with Crippen LogP contribution in [0.1, 0.15) is 12.7 Å². The summed E-state index contributed by atoms with van der Waals surface area (Å²) in [5.41, 5.74) is 5.68. The lowest BCUT2D eigenvalue weighted by Gasteiger charge is -2.15. The summed E-state index contributed by atoms with van der Waals surface area (Å²) in [6.07, 6.45) is 0. The molecule has 0 saturated heterocycles. The second kappa shape index (κ2) is 4.90. The van der Waals surface area contributed by atoms with Gasteiger partial charge in [0.1, 0.15) is 5.82 Å². The Morgan fingerprint density at radius 2 is 2.38 bits per heavy atom. The zero-order valence-corrected chi connectivity index (χ0v) is 9.23. The minimum absolute atomic E-state index is 0.00681. The van der Waals surface area contributed by atoms with Gasteiger partial charge in [-0.15, -0.1) is 0 Å². The number of hydrogen-bond donors (Lipinski definition) is 2. The second-order valence-corrected chi connectivity index (χ2v) is 5.04. The van der Waals surface area contributed by atoms with Crippen LogP contribution in [0.2, 0.25) is 0 Å². The molecular formula is C7H13N3OS2. The number of rotatable bonds is 4. The minimum atomic E-state index is -0.0424. The van der Waals surface area contributed by atoms with E-state index in [0.717, 1.165) is 10.2 Å². The summed E-state index contributed by atoms with van der Waals surface area (Å²) in [5, 5.41) is 9.03. The average molecular weight is 219 g/mol. The third-order valence-corrected chi connectivity index (χ3v) is 3.82. The molecule has 0 aliphatic heterocycles. The number of nitrogens with two attached hydrogens (primary N) is 1. The van der Waals surface area contributed by atoms with Crippen LogP contribution in [0.3, 0.4) is 0 Å². The Balaban J connectivity index is 2.56. The van der Waals surface area contributed by atoms with Crippen molar-refractivity contribution in [3.8, 4) is 0 Å². The third-order valence-electron chi connectivity index (χ3n) is 1.53. The number of thioether (sulfide) groups is 1. The molecule has 2 atom stereocenters. The van der Waals surface area contributed by atoms with Crippen LogP contribution in [0, 0.1) is 6.92 Å². The Morgan fingerprint density at radius 1 is 1.69 bits per heavy atom. The van der Waals surface area contributed by atoms with Gasteiger partial charge >= 0.3 is 0 Å². The van der Waals surface area contributed by atoms with Crippen LogP contribution in [-0.4, -0.2) is 32.4 Å². The predicted molar refractivity (Wildman–Crippen MR) is 55.0 cm³/mol. The number of aromatic nitrogens is 2. The molecule has 0 bridgehead atoms. The van der Waals surface area contributed by atoms with Crippen molar-refractivity contribution < 1.29 is 5.11 Å². The molecular weight excluding hydrogens is 206 g/mol. The van der Waals surface area contributed by atoms with E-state index < -0.39 is 0 Å². The van der Waals surface area contributed by atoms with Gasteiger partial charge in [-0.1, -0.05) is 11.8 Å². The first kappa shape index (κ1) is 10.9. The molecule has 74 valence electrons. The zero-order chi connectivity index (χ0) is 9.84. The molecule has 0 aromatic carbocycles. The molecule has 1 aromatic rings. The van der Waals surface area contributed by atoms with E-state index in [1.165, 1.54) is 23.3 Å². The van der Waals surface area contributed by atoms with Gasteiger partial charge < -0.3 is 10.8 Å². The first-order valence-corrected chi connectivity index (χ1v) is 5.62. The highest BCUT2D eigenvalue weighted by Gasteiger charge is 2.16. The number of nitrogens with zero attached hydrogens (tertiary/aromatic N) is 2. The lowest BCUT2D eigenvalue weighted by Crippen LogP contribution is -2.31. The number of aliphatic hydroxyl groups excluding tert-OH is 1. The van der Waals surface area contributed by atoms with Gasteiger partial charge in [0.2, 0.25) is 0 Å². The van der Waals surface area contributed by atoms with Crippen LogP contribution in [-0.2, 0) is 0 Å². The smallest absolute Gasteiger partial charge is 0.170 e. The summed E-state index contributed by atoms with van der Waals surface area (Å²) in [7, 11) is 0. The van der Waals surface area contributed by atoms with Gasteiger partial charge in [-0.2, -0.15) is 4.37 Å². The van der Waals surface area contributed by atoms with Crippen molar-refractivity contribution in [2.75, 3.05) is 6.61 Å². The molecule has 0 amide bonds. The Morgan fingerprint density at radius 3 is 2.77 bits per heavy atom. The van der Waals surface area contributed by atoms with Crippen molar-refractivity contribution in [2.24, 2.45) is 5.73 Å². The molecule has 0 aliphatic rings. The van der Waals surface area contributed by atoms with Crippen LogP contribution in [0.5, 0.6) is 0 Å². The quantitative estimate of drug-likeness (QED) is 0.727. The summed E-state index contributed by atoms with van der Waals surface area (Å²) in [4.78, 5) is 4.18. The highest BCUT2D eigenvalue weighted by atomic mass is 32.2. The molecule has 0 radical (unpaired) electrons. The van der Waals surface area contributed by atoms with Crippen LogP contribution in [0.4, 0.5) is 0 Å². The molecule has 3 N–H and O–H groups in total. The van der Waals surface area contributed by atoms with Gasteiger partial charge in [-0.25, -0.2) is 4.98 Å². The van der Waals surface area contributed by atoms with E-state index in [4.69, 9.17) is 10.8 Å². The van der Waals surface area contributed by atoms with Crippen molar-refractivity contribution in [3.05, 3.63) is 5.82 Å². The molecule has 0 fully saturated rings. The molecule has 1 aromatic heterocycles. The second-order valence-electron chi connectivity index (χ2n) is 2.81. The van der Waals surface area contributed by atoms with Crippen molar-refractivity contribution in [2.45, 2.75) is 29.5 Å². The Kier molecular flexibility index (Phi) is 4.11. The fourth-order valence-electron chi connectivity index (χ4n) is 0.766. The third kappa shape index (κ3) is 3.22. The van der Waals surface area contributed by atoms with E-state index in [0.29, 0.717) is 0 Å². The normalized spacial score (nSPS) is 15.7. The minimum Gasteiger partial charge on any atom is -0.395 e. The zero-order valence-electron chi connectivity index (χ0n) is 7.60. The van der Waals surface area contributed by atoms with Gasteiger partial charge in [-0.05, 0) is 25.4 Å². The lowest BCUT2D eigenvalue weighted by atomic mass is 10.3. The van der Waals surface area contributed by atoms with Crippen molar-refractivity contribution in [3.63, 3.8) is 0 Å². The molecule has 0 aliphatic carbocycles. The Hall–Kier alpha value is -0.170. The Bertz CT molecular complexity index is 264. The molecule has 4 nitrogen and oxygen atoms in total. The van der Waals surface area contributed by atoms with E-state index >= 15 is 0 Å². The first-order valence-electron chi connectivity index (χ1n) is 3.97. The van der Waals surface area contributed by atoms with Crippen molar-refractivity contribution >= 4 is 23.3 Å². The predicted octanol–water partition coefficient (Wildman–Crippen LogP) is 0.647. The maximum absolute atomic E-state index is 9.02. The molecule has 13 heavy (non-hydrogen) atoms. The van der Waals surface area contributed by atoms with Crippen molar-refractivity contribution in [1.29, 1.82) is 0 Å². The summed E-state index contributed by atoms with van der Waals surface area (Å²) < 4.78 is 4.92. The number of aryl methyl sites for hydroxylation is 1. The van der Waals surface area contributed by atoms with E-state index in [1.54, 1.807) is 0 Å². The highest BCUT2D eigenvalue weighted by molar-refractivity contribution is 8.01. The van der Waals surface area contributed by atoms with Gasteiger partial charge in [-0.3, -0.25) is 0 Å². The van der Waals surface area contributed by atoms with Crippen LogP contribution >= 0.6 is 23.3 Å². The molecule has 1 heterocycles. The lowest BCUT2D eigenvalue weighted by molar-refractivity contribution is 0.285. The van der Waals surface area contributed by atoms with Crippen LogP contribution in [0.15, 0.2) is 4.34 Å². The van der Waals surface area contributed by atoms with E-state index in [-0.39, 0.29) is 17.9 Å². The van der Waals surface area contributed by atoms with E-state index in [2.05, 4.69) is 9.36 Å². The summed E-state index contributed by atoms with van der Waals surface area (Å²) >= 11 is 2.83. The van der Waals surface area contributed by atoms with Gasteiger partial charge in [0, 0.05) is 11.3 Å². The molecule has 0 spiro atoms. The van der Waals surface area contributed by atoms with E-state index in [9.17, 15) is 0 Å². The monoisotopic (exact) mass is 219 g/mol. The van der Waals surface area contributed by atoms with Gasteiger partial charge in [0.25, 0.3) is 0 Å². The maximum atomic E-state index is 9.02. The largest absolute Gasteiger partial charge is 0.395 e. The summed E-state index contributed by atoms with van der Waals surface area (Å²) in [6.45, 7) is 3.79. The summed E-state index contributed by atoms with van der Waals surface area (Å²) in [5.74, 6) is 0.772. The van der Waals surface area contributed by atoms with Gasteiger partial charge in [0.15, 0.2) is 4.34 Å². The average Bonchev–Trinajstić information content (AvgIpc) is 2.46. The van der Waals surface area contributed by atoms with Crippen LogP contribution in [0.25, 0.3) is 0 Å². The molecule has 0 saturated carbocycles. The summed E-state index contributed by atoms with van der Waals surface area (Å²) in [6, 6.07) is -0.0424. The molecule has 6 heteroatoms. The van der Waals surface area contributed by atoms with Crippen LogP contribution < -0.4 is 5.73 Å².